The molecule has 0 saturated heterocycles. The number of rotatable bonds is 17. The van der Waals surface area contributed by atoms with Gasteiger partial charge in [-0.2, -0.15) is 0 Å². The Morgan fingerprint density at radius 3 is 2.66 bits per heavy atom. The Morgan fingerprint density at radius 1 is 1.14 bits per heavy atom. The van der Waals surface area contributed by atoms with Crippen molar-refractivity contribution in [2.45, 2.75) is 95.8 Å². The normalized spacial score (nSPS) is 34.7. The number of hydrogen-bond acceptors (Lipinski definition) is 9. The minimum atomic E-state index is -1.22. The van der Waals surface area contributed by atoms with Gasteiger partial charge >= 0.3 is 0 Å². The quantitative estimate of drug-likeness (QED) is 0.0369. The van der Waals surface area contributed by atoms with Crippen LogP contribution in [0, 0.1) is 35.0 Å². The Labute approximate surface area is 348 Å². The van der Waals surface area contributed by atoms with E-state index in [4.69, 9.17) is 9.47 Å². The number of methoxy groups -OCH3 is 1. The highest BCUT2D eigenvalue weighted by molar-refractivity contribution is 5.74. The van der Waals surface area contributed by atoms with Crippen molar-refractivity contribution in [1.29, 1.82) is 0 Å². The fraction of sp³-hybridized carbons (Fsp3) is 0.612. The molecule has 0 amide bonds. The van der Waals surface area contributed by atoms with Gasteiger partial charge in [0.25, 0.3) is 0 Å². The Balaban J connectivity index is 1.47. The lowest BCUT2D eigenvalue weighted by Gasteiger charge is -2.61. The van der Waals surface area contributed by atoms with Crippen molar-refractivity contribution in [2.75, 3.05) is 60.3 Å². The number of aliphatic hydroxyl groups is 4. The summed E-state index contributed by atoms with van der Waals surface area (Å²) in [6, 6.07) is 8.91. The number of hydrogen-bond donors (Lipinski definition) is 6. The third-order valence-electron chi connectivity index (χ3n) is 14.0. The van der Waals surface area contributed by atoms with Crippen molar-refractivity contribution in [2.24, 2.45) is 35.0 Å². The summed E-state index contributed by atoms with van der Waals surface area (Å²) < 4.78 is 11.4. The number of carbonyl (C=O) groups excluding carboxylic acids is 1. The highest BCUT2D eigenvalue weighted by atomic mass is 16.5. The number of allylic oxidation sites excluding steroid dienone is 9. The third kappa shape index (κ3) is 10.3. The summed E-state index contributed by atoms with van der Waals surface area (Å²) in [7, 11) is 3.63. The molecule has 5 rings (SSSR count). The SMILES string of the molecule is C=C(/C=C/C=C(/COCCO)[C@@H]1CC[C@]2([C@@H]1O)[C@@H]1C(=C(C)C=O)[C@@H](C=C[C@@H]1CCO)C[C@]2(O)CCNC)[C@H]1C/C=C(\C)CN[C@](C)(CCOC)Cc2cccc(c2)C1. The maximum absolute atomic E-state index is 12.9. The molecule has 4 bridgehead atoms. The Hall–Kier alpha value is -2.99. The molecule has 0 aromatic heterocycles. The van der Waals surface area contributed by atoms with Crippen molar-refractivity contribution in [3.63, 3.8) is 0 Å². The monoisotopic (exact) mass is 801 g/mol. The van der Waals surface area contributed by atoms with Crippen molar-refractivity contribution >= 4 is 6.29 Å². The Kier molecular flexibility index (Phi) is 16.7. The number of aliphatic hydroxyl groups excluding tert-OH is 3. The molecular formula is C49H72N2O7. The maximum Gasteiger partial charge on any atom is 0.145 e. The molecule has 58 heavy (non-hydrogen) atoms. The molecule has 0 unspecified atom stereocenters. The van der Waals surface area contributed by atoms with E-state index in [0.29, 0.717) is 50.8 Å². The van der Waals surface area contributed by atoms with Gasteiger partial charge in [0.1, 0.15) is 6.29 Å². The summed E-state index contributed by atoms with van der Waals surface area (Å²) in [6.07, 6.45) is 18.7. The number of aldehydes is 1. The predicted octanol–water partition coefficient (Wildman–Crippen LogP) is 5.99. The molecule has 1 heterocycles. The van der Waals surface area contributed by atoms with E-state index in [0.717, 1.165) is 55.2 Å². The third-order valence-corrected chi connectivity index (χ3v) is 14.0. The minimum Gasteiger partial charge on any atom is -0.396 e. The van der Waals surface area contributed by atoms with E-state index in [1.807, 2.05) is 26.1 Å². The average molecular weight is 801 g/mol. The highest BCUT2D eigenvalue weighted by Gasteiger charge is 2.68. The number of benzene rings is 1. The van der Waals surface area contributed by atoms with Gasteiger partial charge in [-0.3, -0.25) is 4.79 Å². The van der Waals surface area contributed by atoms with Gasteiger partial charge < -0.3 is 40.5 Å². The van der Waals surface area contributed by atoms with Crippen LogP contribution in [0.4, 0.5) is 0 Å². The van der Waals surface area contributed by atoms with E-state index in [1.165, 1.54) is 16.7 Å². The summed E-state index contributed by atoms with van der Waals surface area (Å²) in [4.78, 5) is 12.4. The Bertz CT molecular complexity index is 1710. The van der Waals surface area contributed by atoms with Crippen LogP contribution in [-0.2, 0) is 27.1 Å². The van der Waals surface area contributed by atoms with E-state index >= 15 is 0 Å². The molecular weight excluding hydrogens is 729 g/mol. The molecule has 1 aliphatic heterocycles. The summed E-state index contributed by atoms with van der Waals surface area (Å²) in [5.41, 5.74) is 5.16. The molecule has 0 radical (unpaired) electrons. The topological polar surface area (TPSA) is 141 Å². The van der Waals surface area contributed by atoms with Crippen LogP contribution in [0.1, 0.15) is 76.8 Å². The van der Waals surface area contributed by atoms with Crippen molar-refractivity contribution in [3.8, 4) is 0 Å². The zero-order chi connectivity index (χ0) is 41.9. The van der Waals surface area contributed by atoms with E-state index in [2.05, 4.69) is 79.6 Å². The second kappa shape index (κ2) is 21.0. The van der Waals surface area contributed by atoms with Crippen LogP contribution in [0.2, 0.25) is 0 Å². The van der Waals surface area contributed by atoms with Gasteiger partial charge in [0.15, 0.2) is 0 Å². The zero-order valence-corrected chi connectivity index (χ0v) is 35.8. The van der Waals surface area contributed by atoms with Crippen molar-refractivity contribution in [1.82, 2.24) is 10.6 Å². The molecule has 2 saturated carbocycles. The minimum absolute atomic E-state index is 0.0318. The second-order valence-corrected chi connectivity index (χ2v) is 17.9. The molecule has 1 spiro atoms. The molecule has 9 atom stereocenters. The summed E-state index contributed by atoms with van der Waals surface area (Å²) in [6.45, 7) is 13.2. The van der Waals surface area contributed by atoms with Gasteiger partial charge in [-0.15, -0.1) is 0 Å². The second-order valence-electron chi connectivity index (χ2n) is 17.9. The first-order chi connectivity index (χ1) is 27.9. The number of fused-ring (bicyclic) bond motifs is 5. The van der Waals surface area contributed by atoms with Crippen molar-refractivity contribution < 1.29 is 34.7 Å². The molecule has 1 aromatic rings. The van der Waals surface area contributed by atoms with Crippen LogP contribution in [-0.4, -0.2) is 104 Å². The molecule has 9 nitrogen and oxygen atoms in total. The lowest BCUT2D eigenvalue weighted by molar-refractivity contribution is -0.194. The first-order valence-corrected chi connectivity index (χ1v) is 21.6. The summed E-state index contributed by atoms with van der Waals surface area (Å²) >= 11 is 0. The van der Waals surface area contributed by atoms with Gasteiger partial charge in [0, 0.05) is 49.7 Å². The first kappa shape index (κ1) is 46.1. The van der Waals surface area contributed by atoms with Crippen LogP contribution in [0.25, 0.3) is 0 Å². The van der Waals surface area contributed by atoms with E-state index in [9.17, 15) is 25.2 Å². The van der Waals surface area contributed by atoms with Crippen LogP contribution in [0.3, 0.4) is 0 Å². The van der Waals surface area contributed by atoms with Crippen LogP contribution in [0.5, 0.6) is 0 Å². The highest BCUT2D eigenvalue weighted by Crippen LogP contribution is 2.67. The molecule has 4 aliphatic rings. The van der Waals surface area contributed by atoms with E-state index in [1.54, 1.807) is 7.11 Å². The van der Waals surface area contributed by atoms with Gasteiger partial charge in [0.05, 0.1) is 31.5 Å². The first-order valence-electron chi connectivity index (χ1n) is 21.6. The lowest BCUT2D eigenvalue weighted by Crippen LogP contribution is -2.65. The van der Waals surface area contributed by atoms with Gasteiger partial charge in [0.2, 0.25) is 0 Å². The van der Waals surface area contributed by atoms with Crippen LogP contribution in [0.15, 0.2) is 95.2 Å². The summed E-state index contributed by atoms with van der Waals surface area (Å²) in [5.74, 6) is -0.715. The largest absolute Gasteiger partial charge is 0.396 e. The molecule has 1 aromatic carbocycles. The smallest absolute Gasteiger partial charge is 0.145 e. The predicted molar refractivity (Wildman–Crippen MR) is 232 cm³/mol. The molecule has 320 valence electrons. The number of nitrogens with one attached hydrogen (secondary N) is 2. The molecule has 6 N–H and O–H groups in total. The van der Waals surface area contributed by atoms with Gasteiger partial charge in [-0.25, -0.2) is 0 Å². The van der Waals surface area contributed by atoms with E-state index in [-0.39, 0.29) is 61.6 Å². The molecule has 3 aliphatic carbocycles. The average Bonchev–Trinajstić information content (AvgIpc) is 3.56. The maximum atomic E-state index is 12.9. The molecule has 9 heteroatoms. The van der Waals surface area contributed by atoms with Crippen LogP contribution < -0.4 is 10.6 Å². The van der Waals surface area contributed by atoms with Gasteiger partial charge in [-0.05, 0) is 132 Å². The molecule has 2 fully saturated rings. The van der Waals surface area contributed by atoms with Crippen LogP contribution >= 0.6 is 0 Å². The standard InChI is InChI=1S/C49H72N2O7/c1-34-13-14-40(28-37-10-8-11-38(27-37)29-47(4,51-31-34)21-25-57-6)35(2)9-7-12-42(33-58-26-24-53)43-17-19-49(46(43)55)45-39(18-23-52)15-16-41(44(45)36(3)32-54)30-48(49,56)20-22-50-5/h7-13,15-16,27,32,39-41,43,45-46,50-53,55-56H,2,14,17-26,28-31,33H2,1,3-6H3/b9-7+,34-13+,42-12-,44-36?/t39-,40+,41+,43+,45+,46-,47-,48-,49-/m1/s1. The number of carbonyl (C=O) groups is 1. The van der Waals surface area contributed by atoms with Gasteiger partial charge in [-0.1, -0.05) is 84.0 Å². The van der Waals surface area contributed by atoms with E-state index < -0.39 is 17.1 Å². The zero-order valence-electron chi connectivity index (χ0n) is 35.8. The lowest BCUT2D eigenvalue weighted by atomic mass is 9.45. The number of ether oxygens (including phenoxy) is 2. The summed E-state index contributed by atoms with van der Waals surface area (Å²) in [5, 5.41) is 52.6. The fourth-order valence-corrected chi connectivity index (χ4v) is 10.9. The van der Waals surface area contributed by atoms with Crippen molar-refractivity contribution in [3.05, 3.63) is 106 Å². The Morgan fingerprint density at radius 2 is 1.93 bits per heavy atom. The fourth-order valence-electron chi connectivity index (χ4n) is 10.9.